The zero-order chi connectivity index (χ0) is 25.4. The normalized spacial score (nSPS) is 19.4. The van der Waals surface area contributed by atoms with Crippen LogP contribution in [0, 0.1) is 11.3 Å². The van der Waals surface area contributed by atoms with Crippen LogP contribution in [0.1, 0.15) is 28.2 Å². The molecule has 6 rings (SSSR count). The van der Waals surface area contributed by atoms with Crippen LogP contribution in [0.4, 0.5) is 11.4 Å². The van der Waals surface area contributed by atoms with Crippen molar-refractivity contribution in [3.8, 4) is 17.6 Å². The lowest BCUT2D eigenvalue weighted by Crippen LogP contribution is -2.43. The van der Waals surface area contributed by atoms with Crippen LogP contribution in [0.15, 0.2) is 65.7 Å². The zero-order valence-corrected chi connectivity index (χ0v) is 20.6. The summed E-state index contributed by atoms with van der Waals surface area (Å²) < 4.78 is 11.1. The van der Waals surface area contributed by atoms with E-state index in [-0.39, 0.29) is 12.7 Å². The van der Waals surface area contributed by atoms with Crippen molar-refractivity contribution in [1.82, 2.24) is 9.80 Å². The Labute approximate surface area is 215 Å². The maximum Gasteiger partial charge on any atom is 0.238 e. The molecule has 186 valence electrons. The number of piperazine rings is 1. The molecule has 0 radical (unpaired) electrons. The topological polar surface area (TPSA) is 90.2 Å². The average molecular weight is 494 g/mol. The van der Waals surface area contributed by atoms with Crippen LogP contribution in [-0.4, -0.2) is 61.4 Å². The Morgan fingerprint density at radius 3 is 2.59 bits per heavy atom. The summed E-state index contributed by atoms with van der Waals surface area (Å²) in [7, 11) is 2.16. The van der Waals surface area contributed by atoms with Gasteiger partial charge in [0.1, 0.15) is 5.92 Å². The Kier molecular flexibility index (Phi) is 6.08. The molecule has 0 aromatic heterocycles. The Balaban J connectivity index is 1.35. The molecule has 1 atom stereocenters. The van der Waals surface area contributed by atoms with Crippen LogP contribution in [0.2, 0.25) is 0 Å². The highest BCUT2D eigenvalue weighted by Crippen LogP contribution is 2.39. The number of hydrogen-bond donors (Lipinski definition) is 1. The van der Waals surface area contributed by atoms with Crippen LogP contribution < -0.4 is 14.8 Å². The van der Waals surface area contributed by atoms with Gasteiger partial charge in [-0.05, 0) is 60.6 Å². The highest BCUT2D eigenvalue weighted by atomic mass is 16.7. The number of nitrogens with zero attached hydrogens (tertiary/aromatic N) is 4. The SMILES string of the molecule is CN1CCN(Cc2ccc(N=C(c3ccc4c(c3)OCO4)C3C(=O)Nc4cc(C#N)ccc43)cc2)CC1. The molecule has 37 heavy (non-hydrogen) atoms. The quantitative estimate of drug-likeness (QED) is 0.543. The van der Waals surface area contributed by atoms with Crippen LogP contribution >= 0.6 is 0 Å². The van der Waals surface area contributed by atoms with Gasteiger partial charge in [-0.25, -0.2) is 0 Å². The van der Waals surface area contributed by atoms with Gasteiger partial charge < -0.3 is 19.7 Å². The third-order valence-electron chi connectivity index (χ3n) is 7.14. The van der Waals surface area contributed by atoms with E-state index in [1.165, 1.54) is 5.56 Å². The van der Waals surface area contributed by atoms with E-state index in [2.05, 4.69) is 40.4 Å². The summed E-state index contributed by atoms with van der Waals surface area (Å²) in [6.07, 6.45) is 0. The molecule has 3 aromatic carbocycles. The molecule has 8 heteroatoms. The number of likely N-dealkylation sites (N-methyl/N-ethyl adjacent to an activating group) is 1. The first kappa shape index (κ1) is 23.2. The first-order chi connectivity index (χ1) is 18.1. The second-order valence-corrected chi connectivity index (χ2v) is 9.65. The summed E-state index contributed by atoms with van der Waals surface area (Å²) in [4.78, 5) is 23.0. The minimum Gasteiger partial charge on any atom is -0.454 e. The Morgan fingerprint density at radius 2 is 1.81 bits per heavy atom. The highest BCUT2D eigenvalue weighted by molar-refractivity contribution is 6.24. The number of hydrogen-bond acceptors (Lipinski definition) is 7. The predicted octanol–water partition coefficient (Wildman–Crippen LogP) is 3.89. The van der Waals surface area contributed by atoms with E-state index < -0.39 is 5.92 Å². The van der Waals surface area contributed by atoms with Crippen LogP contribution in [-0.2, 0) is 11.3 Å². The minimum absolute atomic E-state index is 0.170. The largest absolute Gasteiger partial charge is 0.454 e. The molecular weight excluding hydrogens is 466 g/mol. The lowest BCUT2D eigenvalue weighted by atomic mass is 9.90. The third-order valence-corrected chi connectivity index (χ3v) is 7.14. The fourth-order valence-corrected chi connectivity index (χ4v) is 5.03. The maximum atomic E-state index is 13.2. The van der Waals surface area contributed by atoms with Crippen molar-refractivity contribution >= 4 is 23.0 Å². The van der Waals surface area contributed by atoms with Crippen molar-refractivity contribution in [2.45, 2.75) is 12.5 Å². The van der Waals surface area contributed by atoms with Gasteiger partial charge >= 0.3 is 0 Å². The third kappa shape index (κ3) is 4.67. The van der Waals surface area contributed by atoms with E-state index in [0.717, 1.165) is 49.5 Å². The molecule has 1 amide bonds. The monoisotopic (exact) mass is 493 g/mol. The smallest absolute Gasteiger partial charge is 0.238 e. The van der Waals surface area contributed by atoms with Crippen molar-refractivity contribution in [3.63, 3.8) is 0 Å². The van der Waals surface area contributed by atoms with Gasteiger partial charge in [-0.1, -0.05) is 18.2 Å². The van der Waals surface area contributed by atoms with Gasteiger partial charge in [0.25, 0.3) is 0 Å². The van der Waals surface area contributed by atoms with Crippen LogP contribution in [0.5, 0.6) is 11.5 Å². The van der Waals surface area contributed by atoms with E-state index in [1.54, 1.807) is 12.1 Å². The second-order valence-electron chi connectivity index (χ2n) is 9.65. The molecule has 3 aromatic rings. The van der Waals surface area contributed by atoms with Crippen LogP contribution in [0.25, 0.3) is 0 Å². The number of carbonyl (C=O) groups excluding carboxylic acids is 1. The highest BCUT2D eigenvalue weighted by Gasteiger charge is 2.36. The summed E-state index contributed by atoms with van der Waals surface area (Å²) in [5, 5.41) is 12.2. The predicted molar refractivity (Wildman–Crippen MR) is 141 cm³/mol. The van der Waals surface area contributed by atoms with E-state index in [1.807, 2.05) is 36.4 Å². The standard InChI is InChI=1S/C29H27N5O3/c1-33-10-12-34(13-11-33)17-19-2-6-22(7-3-19)31-28(21-5-9-25-26(15-21)37-18-36-25)27-23-8-4-20(16-30)14-24(23)32-29(27)35/h2-9,14-15,27H,10-13,17-18H2,1H3,(H,32,35). The number of fused-ring (bicyclic) bond motifs is 2. The van der Waals surface area contributed by atoms with E-state index in [0.29, 0.717) is 28.5 Å². The molecule has 0 aliphatic carbocycles. The van der Waals surface area contributed by atoms with E-state index >= 15 is 0 Å². The van der Waals surface area contributed by atoms with Crippen molar-refractivity contribution in [2.75, 3.05) is 45.3 Å². The number of aliphatic imine (C=N–C) groups is 1. The molecule has 1 N–H and O–H groups in total. The molecule has 0 spiro atoms. The van der Waals surface area contributed by atoms with Gasteiger partial charge in [0.15, 0.2) is 11.5 Å². The summed E-state index contributed by atoms with van der Waals surface area (Å²) >= 11 is 0. The number of nitriles is 1. The average Bonchev–Trinajstić information content (AvgIpc) is 3.52. The number of ether oxygens (including phenoxy) is 2. The number of nitrogens with one attached hydrogen (secondary N) is 1. The number of amides is 1. The molecule has 3 aliphatic heterocycles. The van der Waals surface area contributed by atoms with Gasteiger partial charge in [-0.2, -0.15) is 5.26 Å². The molecule has 1 fully saturated rings. The molecule has 0 bridgehead atoms. The van der Waals surface area contributed by atoms with Gasteiger partial charge in [-0.15, -0.1) is 0 Å². The fraction of sp³-hybridized carbons (Fsp3) is 0.276. The zero-order valence-electron chi connectivity index (χ0n) is 20.6. The van der Waals surface area contributed by atoms with E-state index in [4.69, 9.17) is 14.5 Å². The van der Waals surface area contributed by atoms with Crippen molar-refractivity contribution in [2.24, 2.45) is 4.99 Å². The van der Waals surface area contributed by atoms with Crippen molar-refractivity contribution in [1.29, 1.82) is 5.26 Å². The second kappa shape index (κ2) is 9.69. The summed E-state index contributed by atoms with van der Waals surface area (Å²) in [6, 6.07) is 21.3. The Hall–Kier alpha value is -4.19. The Morgan fingerprint density at radius 1 is 1.03 bits per heavy atom. The molecular formula is C29H27N5O3. The maximum absolute atomic E-state index is 13.2. The first-order valence-corrected chi connectivity index (χ1v) is 12.4. The fourth-order valence-electron chi connectivity index (χ4n) is 5.03. The molecule has 1 unspecified atom stereocenters. The first-order valence-electron chi connectivity index (χ1n) is 12.4. The van der Waals surface area contributed by atoms with Crippen molar-refractivity contribution < 1.29 is 14.3 Å². The summed E-state index contributed by atoms with van der Waals surface area (Å²) in [5.41, 5.74) is 5.34. The van der Waals surface area contributed by atoms with E-state index in [9.17, 15) is 10.1 Å². The number of anilines is 1. The summed E-state index contributed by atoms with van der Waals surface area (Å²) in [6.45, 7) is 5.38. The number of rotatable bonds is 5. The summed E-state index contributed by atoms with van der Waals surface area (Å²) in [5.74, 6) is 0.513. The molecule has 8 nitrogen and oxygen atoms in total. The molecule has 1 saturated heterocycles. The van der Waals surface area contributed by atoms with Gasteiger partial charge in [0, 0.05) is 44.0 Å². The lowest BCUT2D eigenvalue weighted by Gasteiger charge is -2.32. The molecule has 0 saturated carbocycles. The lowest BCUT2D eigenvalue weighted by molar-refractivity contribution is -0.115. The van der Waals surface area contributed by atoms with Crippen LogP contribution in [0.3, 0.4) is 0 Å². The van der Waals surface area contributed by atoms with Crippen molar-refractivity contribution in [3.05, 3.63) is 82.9 Å². The Bertz CT molecular complexity index is 1420. The van der Waals surface area contributed by atoms with Gasteiger partial charge in [0.05, 0.1) is 23.0 Å². The van der Waals surface area contributed by atoms with Gasteiger partial charge in [0.2, 0.25) is 12.7 Å². The number of benzene rings is 3. The molecule has 3 aliphatic rings. The molecule has 3 heterocycles. The minimum atomic E-state index is -0.617. The van der Waals surface area contributed by atoms with Gasteiger partial charge in [-0.3, -0.25) is 14.7 Å². The number of carbonyl (C=O) groups is 1.